The van der Waals surface area contributed by atoms with Crippen molar-refractivity contribution in [2.75, 3.05) is 26.2 Å². The Hall–Kier alpha value is -2.07. The summed E-state index contributed by atoms with van der Waals surface area (Å²) in [6.07, 6.45) is -6.06. The molecule has 1 aliphatic heterocycles. The minimum atomic E-state index is -4.97. The summed E-state index contributed by atoms with van der Waals surface area (Å²) in [4.78, 5) is 13.9. The lowest BCUT2D eigenvalue weighted by Gasteiger charge is -2.39. The molecule has 2 rings (SSSR count). The molecule has 1 aromatic rings. The Morgan fingerprint density at radius 1 is 1.33 bits per heavy atom. The van der Waals surface area contributed by atoms with Crippen molar-refractivity contribution in [3.8, 4) is 5.75 Å². The number of carboxylic acid groups (broad SMARTS) is 1. The van der Waals surface area contributed by atoms with Gasteiger partial charge >= 0.3 is 12.5 Å². The zero-order chi connectivity index (χ0) is 17.9. The Morgan fingerprint density at radius 2 is 2.04 bits per heavy atom. The third kappa shape index (κ3) is 4.71. The number of nitrogens with zero attached hydrogens (tertiary/aromatic N) is 2. The van der Waals surface area contributed by atoms with E-state index in [1.807, 2.05) is 0 Å². The molecule has 0 spiro atoms. The molecule has 2 N–H and O–H groups in total. The van der Waals surface area contributed by atoms with Crippen LogP contribution in [0, 0.1) is 5.82 Å². The van der Waals surface area contributed by atoms with Gasteiger partial charge in [0.1, 0.15) is 0 Å². The zero-order valence-electron chi connectivity index (χ0n) is 12.5. The second-order valence-electron chi connectivity index (χ2n) is 5.35. The highest BCUT2D eigenvalue weighted by Crippen LogP contribution is 2.26. The average molecular weight is 352 g/mol. The minimum Gasteiger partial charge on any atom is -0.465 e. The molecule has 0 bridgehead atoms. The van der Waals surface area contributed by atoms with Crippen LogP contribution in [0.2, 0.25) is 0 Å². The molecule has 6 nitrogen and oxygen atoms in total. The number of hydrogen-bond acceptors (Lipinski definition) is 4. The van der Waals surface area contributed by atoms with E-state index in [1.165, 1.54) is 6.07 Å². The lowest BCUT2D eigenvalue weighted by Crippen LogP contribution is -2.55. The monoisotopic (exact) mass is 352 g/mol. The van der Waals surface area contributed by atoms with E-state index in [4.69, 9.17) is 5.11 Å². The fraction of sp³-hybridized carbons (Fsp3) is 0.500. The van der Waals surface area contributed by atoms with Gasteiger partial charge in [0.2, 0.25) is 0 Å². The standard InChI is InChI=1S/C14H16F4N2O4/c15-11-5-9(1-2-12(11)24-14(16,17)18)6-19-3-4-20(13(22)23)7-10(19)8-21/h1-2,5,10,21H,3-4,6-8H2,(H,22,23). The van der Waals surface area contributed by atoms with Crippen LogP contribution >= 0.6 is 0 Å². The van der Waals surface area contributed by atoms with E-state index >= 15 is 0 Å². The van der Waals surface area contributed by atoms with E-state index in [9.17, 15) is 27.5 Å². The number of aliphatic hydroxyl groups excluding tert-OH is 1. The molecule has 1 amide bonds. The molecule has 24 heavy (non-hydrogen) atoms. The van der Waals surface area contributed by atoms with Crippen molar-refractivity contribution in [3.63, 3.8) is 0 Å². The fourth-order valence-electron chi connectivity index (χ4n) is 2.53. The molecule has 0 aromatic heterocycles. The van der Waals surface area contributed by atoms with Crippen LogP contribution in [-0.2, 0) is 6.54 Å². The first kappa shape index (κ1) is 18.3. The van der Waals surface area contributed by atoms with Crippen LogP contribution in [0.1, 0.15) is 5.56 Å². The highest BCUT2D eigenvalue weighted by Gasteiger charge is 2.33. The SMILES string of the molecule is O=C(O)N1CCN(Cc2ccc(OC(F)(F)F)c(F)c2)C(CO)C1. The number of halogens is 4. The van der Waals surface area contributed by atoms with Gasteiger partial charge in [-0.1, -0.05) is 6.07 Å². The van der Waals surface area contributed by atoms with Crippen LogP contribution in [0.3, 0.4) is 0 Å². The van der Waals surface area contributed by atoms with E-state index in [0.717, 1.165) is 17.0 Å². The predicted molar refractivity (Wildman–Crippen MR) is 74.0 cm³/mol. The number of carbonyl (C=O) groups is 1. The topological polar surface area (TPSA) is 73.2 Å². The van der Waals surface area contributed by atoms with Crippen LogP contribution in [0.25, 0.3) is 0 Å². The summed E-state index contributed by atoms with van der Waals surface area (Å²) in [7, 11) is 0. The van der Waals surface area contributed by atoms with Gasteiger partial charge in [0.05, 0.1) is 12.6 Å². The second-order valence-corrected chi connectivity index (χ2v) is 5.35. The predicted octanol–water partition coefficient (Wildman–Crippen LogP) is 1.88. The average Bonchev–Trinajstić information content (AvgIpc) is 2.49. The van der Waals surface area contributed by atoms with E-state index in [-0.39, 0.29) is 26.2 Å². The van der Waals surface area contributed by atoms with Crippen molar-refractivity contribution in [1.82, 2.24) is 9.80 Å². The third-order valence-corrected chi connectivity index (χ3v) is 3.69. The van der Waals surface area contributed by atoms with Crippen molar-refractivity contribution in [2.24, 2.45) is 0 Å². The van der Waals surface area contributed by atoms with Gasteiger partial charge in [0.25, 0.3) is 0 Å². The van der Waals surface area contributed by atoms with Crippen molar-refractivity contribution >= 4 is 6.09 Å². The Balaban J connectivity index is 2.05. The van der Waals surface area contributed by atoms with Crippen molar-refractivity contribution in [3.05, 3.63) is 29.6 Å². The molecule has 1 aromatic carbocycles. The highest BCUT2D eigenvalue weighted by molar-refractivity contribution is 5.65. The van der Waals surface area contributed by atoms with Gasteiger partial charge in [-0.05, 0) is 17.7 Å². The van der Waals surface area contributed by atoms with E-state index < -0.39 is 30.1 Å². The number of amides is 1. The maximum absolute atomic E-state index is 13.7. The summed E-state index contributed by atoms with van der Waals surface area (Å²) < 4.78 is 53.6. The van der Waals surface area contributed by atoms with Crippen LogP contribution in [0.15, 0.2) is 18.2 Å². The van der Waals surface area contributed by atoms with Gasteiger partial charge in [-0.2, -0.15) is 0 Å². The quantitative estimate of drug-likeness (QED) is 0.810. The molecule has 1 unspecified atom stereocenters. The van der Waals surface area contributed by atoms with Crippen molar-refractivity contribution < 1.29 is 37.3 Å². The first-order valence-corrected chi connectivity index (χ1v) is 7.06. The fourth-order valence-corrected chi connectivity index (χ4v) is 2.53. The summed E-state index contributed by atoms with van der Waals surface area (Å²) >= 11 is 0. The number of benzene rings is 1. The first-order chi connectivity index (χ1) is 11.2. The van der Waals surface area contributed by atoms with E-state index in [1.54, 1.807) is 4.90 Å². The van der Waals surface area contributed by atoms with Gasteiger partial charge < -0.3 is 19.8 Å². The van der Waals surface area contributed by atoms with Crippen LogP contribution in [-0.4, -0.2) is 64.8 Å². The Bertz CT molecular complexity index is 597. The van der Waals surface area contributed by atoms with Gasteiger partial charge in [-0.3, -0.25) is 4.90 Å². The maximum Gasteiger partial charge on any atom is 0.573 e. The highest BCUT2D eigenvalue weighted by atomic mass is 19.4. The van der Waals surface area contributed by atoms with Gasteiger partial charge in [0, 0.05) is 26.2 Å². The number of aliphatic hydroxyl groups is 1. The first-order valence-electron chi connectivity index (χ1n) is 7.06. The Kier molecular flexibility index (Phi) is 5.50. The van der Waals surface area contributed by atoms with Crippen LogP contribution < -0.4 is 4.74 Å². The van der Waals surface area contributed by atoms with E-state index in [2.05, 4.69) is 4.74 Å². The summed E-state index contributed by atoms with van der Waals surface area (Å²) in [5.74, 6) is -2.06. The molecule has 0 aliphatic carbocycles. The van der Waals surface area contributed by atoms with Crippen molar-refractivity contribution in [1.29, 1.82) is 0 Å². The lowest BCUT2D eigenvalue weighted by atomic mass is 10.1. The third-order valence-electron chi connectivity index (χ3n) is 3.69. The normalized spacial score (nSPS) is 19.4. The van der Waals surface area contributed by atoms with Crippen molar-refractivity contribution in [2.45, 2.75) is 18.9 Å². The maximum atomic E-state index is 13.7. The molecule has 134 valence electrons. The van der Waals surface area contributed by atoms with Gasteiger partial charge in [-0.15, -0.1) is 13.2 Å². The molecule has 1 fully saturated rings. The second kappa shape index (κ2) is 7.22. The molecule has 0 saturated carbocycles. The molecular formula is C14H16F4N2O4. The van der Waals surface area contributed by atoms with Gasteiger partial charge in [0.15, 0.2) is 11.6 Å². The van der Waals surface area contributed by atoms with Gasteiger partial charge in [-0.25, -0.2) is 9.18 Å². The minimum absolute atomic E-state index is 0.101. The number of piperazine rings is 1. The van der Waals surface area contributed by atoms with Crippen LogP contribution in [0.5, 0.6) is 5.75 Å². The molecule has 1 aliphatic rings. The Labute approximate surface area is 134 Å². The number of rotatable bonds is 4. The number of alkyl halides is 3. The summed E-state index contributed by atoms with van der Waals surface area (Å²) in [5.41, 5.74) is 0.393. The molecule has 1 heterocycles. The largest absolute Gasteiger partial charge is 0.573 e. The number of ether oxygens (including phenoxy) is 1. The smallest absolute Gasteiger partial charge is 0.465 e. The molecular weight excluding hydrogens is 336 g/mol. The Morgan fingerprint density at radius 3 is 2.58 bits per heavy atom. The summed E-state index contributed by atoms with van der Waals surface area (Å²) in [6.45, 7) is 0.524. The zero-order valence-corrected chi connectivity index (χ0v) is 12.5. The molecule has 0 radical (unpaired) electrons. The van der Waals surface area contributed by atoms with E-state index in [0.29, 0.717) is 12.1 Å². The molecule has 1 saturated heterocycles. The number of hydrogen-bond donors (Lipinski definition) is 2. The summed E-state index contributed by atoms with van der Waals surface area (Å²) in [5, 5.41) is 18.3. The molecule has 10 heteroatoms. The summed E-state index contributed by atoms with van der Waals surface area (Å²) in [6, 6.07) is 2.64. The van der Waals surface area contributed by atoms with Crippen LogP contribution in [0.4, 0.5) is 22.4 Å². The molecule has 1 atom stereocenters. The lowest BCUT2D eigenvalue weighted by molar-refractivity contribution is -0.275.